The second kappa shape index (κ2) is 9.61. The first kappa shape index (κ1) is 22.0. The van der Waals surface area contributed by atoms with Gasteiger partial charge in [0.25, 0.3) is 5.91 Å². The molecule has 2 amide bonds. The zero-order valence-electron chi connectivity index (χ0n) is 19.2. The number of nitrogens with one attached hydrogen (secondary N) is 1. The Hall–Kier alpha value is -3.78. The van der Waals surface area contributed by atoms with Crippen LogP contribution >= 0.6 is 0 Å². The first-order valence-electron chi connectivity index (χ1n) is 11.5. The fraction of sp³-hybridized carbons (Fsp3) is 0.308. The molecule has 8 heteroatoms. The molecule has 2 aromatic heterocycles. The van der Waals surface area contributed by atoms with E-state index in [1.54, 1.807) is 11.1 Å². The molecule has 0 radical (unpaired) electrons. The predicted molar refractivity (Wildman–Crippen MR) is 130 cm³/mol. The van der Waals surface area contributed by atoms with E-state index >= 15 is 0 Å². The Bertz CT molecular complexity index is 1210. The van der Waals surface area contributed by atoms with Gasteiger partial charge in [0.1, 0.15) is 5.82 Å². The molecule has 0 unspecified atom stereocenters. The van der Waals surface area contributed by atoms with Gasteiger partial charge in [0.15, 0.2) is 0 Å². The Morgan fingerprint density at radius 2 is 1.91 bits per heavy atom. The molecule has 0 spiro atoms. The highest BCUT2D eigenvalue weighted by molar-refractivity contribution is 6.08. The number of ether oxygens (including phenoxy) is 1. The maximum Gasteiger partial charge on any atom is 0.259 e. The topological polar surface area (TPSA) is 87.7 Å². The normalized spacial score (nSPS) is 15.2. The van der Waals surface area contributed by atoms with Crippen LogP contribution in [0.5, 0.6) is 0 Å². The monoisotopic (exact) mass is 457 g/mol. The molecular formula is C26H27N5O3. The summed E-state index contributed by atoms with van der Waals surface area (Å²) in [5, 5.41) is 3.02. The SMILES string of the molecule is Cc1ccc(C(=O)Nc2ccc3c(c2)CCN3C(=O)Cc2ccccn2)c(N2CCOCC2)n1. The minimum Gasteiger partial charge on any atom is -0.378 e. The first-order valence-corrected chi connectivity index (χ1v) is 11.5. The molecule has 0 bridgehead atoms. The number of aryl methyl sites for hydroxylation is 1. The summed E-state index contributed by atoms with van der Waals surface area (Å²) in [6.07, 6.45) is 2.71. The number of rotatable bonds is 5. The molecule has 174 valence electrons. The van der Waals surface area contributed by atoms with E-state index in [2.05, 4.69) is 20.2 Å². The van der Waals surface area contributed by atoms with Crippen molar-refractivity contribution >= 4 is 29.0 Å². The quantitative estimate of drug-likeness (QED) is 0.634. The zero-order valence-corrected chi connectivity index (χ0v) is 19.2. The summed E-state index contributed by atoms with van der Waals surface area (Å²) in [6, 6.07) is 15.0. The molecule has 1 N–H and O–H groups in total. The molecule has 4 heterocycles. The number of nitrogens with zero attached hydrogens (tertiary/aromatic N) is 4. The highest BCUT2D eigenvalue weighted by Crippen LogP contribution is 2.31. The van der Waals surface area contributed by atoms with Gasteiger partial charge >= 0.3 is 0 Å². The lowest BCUT2D eigenvalue weighted by Crippen LogP contribution is -2.38. The lowest BCUT2D eigenvalue weighted by Gasteiger charge is -2.29. The summed E-state index contributed by atoms with van der Waals surface area (Å²) < 4.78 is 5.45. The number of amides is 2. The van der Waals surface area contributed by atoms with E-state index in [9.17, 15) is 9.59 Å². The fourth-order valence-electron chi connectivity index (χ4n) is 4.43. The van der Waals surface area contributed by atoms with Crippen molar-refractivity contribution in [1.29, 1.82) is 0 Å². The van der Waals surface area contributed by atoms with Crippen molar-refractivity contribution in [2.45, 2.75) is 19.8 Å². The van der Waals surface area contributed by atoms with Crippen molar-refractivity contribution in [3.05, 3.63) is 77.2 Å². The number of anilines is 3. The Balaban J connectivity index is 1.31. The summed E-state index contributed by atoms with van der Waals surface area (Å²) in [4.78, 5) is 38.8. The van der Waals surface area contributed by atoms with Crippen LogP contribution in [0.2, 0.25) is 0 Å². The molecule has 1 saturated heterocycles. The number of carbonyl (C=O) groups is 2. The summed E-state index contributed by atoms with van der Waals surface area (Å²) in [5.41, 5.74) is 4.81. The van der Waals surface area contributed by atoms with Crippen LogP contribution in [0.25, 0.3) is 0 Å². The number of hydrogen-bond acceptors (Lipinski definition) is 6. The zero-order chi connectivity index (χ0) is 23.5. The molecule has 5 rings (SSSR count). The molecule has 0 saturated carbocycles. The van der Waals surface area contributed by atoms with Crippen molar-refractivity contribution in [3.8, 4) is 0 Å². The van der Waals surface area contributed by atoms with Crippen LogP contribution in [0.1, 0.15) is 27.3 Å². The molecule has 0 aliphatic carbocycles. The van der Waals surface area contributed by atoms with Gasteiger partial charge in [-0.15, -0.1) is 0 Å². The van der Waals surface area contributed by atoms with Crippen molar-refractivity contribution < 1.29 is 14.3 Å². The minimum atomic E-state index is -0.199. The van der Waals surface area contributed by atoms with Crippen molar-refractivity contribution in [2.24, 2.45) is 0 Å². The highest BCUT2D eigenvalue weighted by Gasteiger charge is 2.26. The number of hydrogen-bond donors (Lipinski definition) is 1. The summed E-state index contributed by atoms with van der Waals surface area (Å²) >= 11 is 0. The van der Waals surface area contributed by atoms with Gasteiger partial charge in [-0.05, 0) is 61.4 Å². The third-order valence-electron chi connectivity index (χ3n) is 6.16. The van der Waals surface area contributed by atoms with Crippen LogP contribution < -0.4 is 15.1 Å². The number of fused-ring (bicyclic) bond motifs is 1. The number of aromatic nitrogens is 2. The molecule has 2 aliphatic heterocycles. The number of carbonyl (C=O) groups excluding carboxylic acids is 2. The Labute approximate surface area is 198 Å². The average molecular weight is 458 g/mol. The lowest BCUT2D eigenvalue weighted by molar-refractivity contribution is -0.117. The maximum absolute atomic E-state index is 13.2. The molecule has 1 aromatic carbocycles. The number of morpholine rings is 1. The Kier molecular flexibility index (Phi) is 6.22. The van der Waals surface area contributed by atoms with E-state index in [1.165, 1.54) is 0 Å². The average Bonchev–Trinajstić information content (AvgIpc) is 3.28. The number of benzene rings is 1. The van der Waals surface area contributed by atoms with Crippen LogP contribution in [0, 0.1) is 6.92 Å². The van der Waals surface area contributed by atoms with Gasteiger partial charge in [0.2, 0.25) is 5.91 Å². The molecule has 0 atom stereocenters. The minimum absolute atomic E-state index is 0.0233. The largest absolute Gasteiger partial charge is 0.378 e. The number of pyridine rings is 2. The van der Waals surface area contributed by atoms with Crippen LogP contribution in [-0.4, -0.2) is 54.6 Å². The predicted octanol–water partition coefficient (Wildman–Crippen LogP) is 3.01. The molecular weight excluding hydrogens is 430 g/mol. The molecule has 8 nitrogen and oxygen atoms in total. The van der Waals surface area contributed by atoms with E-state index in [1.807, 2.05) is 55.5 Å². The smallest absolute Gasteiger partial charge is 0.259 e. The van der Waals surface area contributed by atoms with Gasteiger partial charge in [-0.2, -0.15) is 0 Å². The van der Waals surface area contributed by atoms with Crippen LogP contribution in [0.15, 0.2) is 54.7 Å². The molecule has 34 heavy (non-hydrogen) atoms. The molecule has 1 fully saturated rings. The van der Waals surface area contributed by atoms with E-state index in [-0.39, 0.29) is 18.2 Å². The standard InChI is InChI=1S/C26H27N5O3/c1-18-5-7-22(25(28-18)30-12-14-34-15-13-30)26(33)29-21-6-8-23-19(16-21)9-11-31(23)24(32)17-20-4-2-3-10-27-20/h2-8,10,16H,9,11-15,17H2,1H3,(H,29,33). The second-order valence-electron chi connectivity index (χ2n) is 8.51. The van der Waals surface area contributed by atoms with Gasteiger partial charge in [0.05, 0.1) is 25.2 Å². The van der Waals surface area contributed by atoms with Crippen molar-refractivity contribution in [2.75, 3.05) is 48.0 Å². The Morgan fingerprint density at radius 3 is 2.71 bits per heavy atom. The second-order valence-corrected chi connectivity index (χ2v) is 8.51. The summed E-state index contributed by atoms with van der Waals surface area (Å²) in [5.74, 6) is 0.512. The third kappa shape index (κ3) is 4.63. The van der Waals surface area contributed by atoms with E-state index in [4.69, 9.17) is 4.74 Å². The molecule has 2 aliphatic rings. The van der Waals surface area contributed by atoms with Crippen LogP contribution in [-0.2, 0) is 22.4 Å². The van der Waals surface area contributed by atoms with Gasteiger partial charge in [-0.3, -0.25) is 14.6 Å². The van der Waals surface area contributed by atoms with Gasteiger partial charge < -0.3 is 19.9 Å². The third-order valence-corrected chi connectivity index (χ3v) is 6.16. The van der Waals surface area contributed by atoms with E-state index in [0.717, 1.165) is 29.1 Å². The molecule has 3 aromatic rings. The highest BCUT2D eigenvalue weighted by atomic mass is 16.5. The van der Waals surface area contributed by atoms with Crippen LogP contribution in [0.3, 0.4) is 0 Å². The van der Waals surface area contributed by atoms with Gasteiger partial charge in [-0.1, -0.05) is 6.07 Å². The van der Waals surface area contributed by atoms with Crippen LogP contribution in [0.4, 0.5) is 17.2 Å². The Morgan fingerprint density at radius 1 is 1.06 bits per heavy atom. The van der Waals surface area contributed by atoms with Gasteiger partial charge in [0, 0.05) is 48.6 Å². The van der Waals surface area contributed by atoms with Crippen molar-refractivity contribution in [3.63, 3.8) is 0 Å². The summed E-state index contributed by atoms with van der Waals surface area (Å²) in [7, 11) is 0. The fourth-order valence-corrected chi connectivity index (χ4v) is 4.43. The van der Waals surface area contributed by atoms with E-state index < -0.39 is 0 Å². The summed E-state index contributed by atoms with van der Waals surface area (Å²) in [6.45, 7) is 5.21. The lowest BCUT2D eigenvalue weighted by atomic mass is 10.1. The van der Waals surface area contributed by atoms with E-state index in [0.29, 0.717) is 49.9 Å². The van der Waals surface area contributed by atoms with Gasteiger partial charge in [-0.25, -0.2) is 4.98 Å². The van der Waals surface area contributed by atoms with Crippen molar-refractivity contribution in [1.82, 2.24) is 9.97 Å². The maximum atomic E-state index is 13.2. The first-order chi connectivity index (χ1) is 16.6.